The topological polar surface area (TPSA) is 84.0 Å². The number of aromatic nitrogens is 1. The second-order valence-corrected chi connectivity index (χ2v) is 9.70. The SMILES string of the molecule is O=C(Nc1ccc2c(c1)CCCN2C(=O)c1ccccc1)c1cccnc1N1CCC(C2OCCO2)C1. The molecule has 8 nitrogen and oxygen atoms in total. The number of carbonyl (C=O) groups is 2. The molecule has 0 aliphatic carbocycles. The number of nitrogens with zero attached hydrogens (tertiary/aromatic N) is 3. The molecule has 4 heterocycles. The van der Waals surface area contributed by atoms with Crippen LogP contribution in [0.2, 0.25) is 0 Å². The minimum atomic E-state index is -0.201. The molecule has 1 aromatic heterocycles. The normalized spacial score (nSPS) is 19.6. The summed E-state index contributed by atoms with van der Waals surface area (Å²) in [5, 5.41) is 3.06. The maximum absolute atomic E-state index is 13.4. The minimum Gasteiger partial charge on any atom is -0.355 e. The highest BCUT2D eigenvalue weighted by Gasteiger charge is 2.35. The highest BCUT2D eigenvalue weighted by Crippen LogP contribution is 2.32. The van der Waals surface area contributed by atoms with Crippen LogP contribution < -0.4 is 15.1 Å². The predicted molar refractivity (Wildman–Crippen MR) is 141 cm³/mol. The predicted octanol–water partition coefficient (Wildman–Crippen LogP) is 4.13. The molecule has 190 valence electrons. The number of rotatable bonds is 5. The molecule has 8 heteroatoms. The number of fused-ring (bicyclic) bond motifs is 1. The van der Waals surface area contributed by atoms with Gasteiger partial charge in [0.05, 0.1) is 18.8 Å². The summed E-state index contributed by atoms with van der Waals surface area (Å²) in [5.41, 5.74) is 3.87. The average molecular weight is 499 g/mol. The Morgan fingerprint density at radius 3 is 2.65 bits per heavy atom. The van der Waals surface area contributed by atoms with E-state index in [4.69, 9.17) is 9.47 Å². The molecule has 37 heavy (non-hydrogen) atoms. The summed E-state index contributed by atoms with van der Waals surface area (Å²) in [4.78, 5) is 35.0. The Balaban J connectivity index is 1.18. The molecule has 0 bridgehead atoms. The number of ether oxygens (including phenoxy) is 2. The highest BCUT2D eigenvalue weighted by atomic mass is 16.7. The van der Waals surface area contributed by atoms with Crippen LogP contribution >= 0.6 is 0 Å². The van der Waals surface area contributed by atoms with E-state index in [1.54, 1.807) is 12.3 Å². The first-order valence-electron chi connectivity index (χ1n) is 12.9. The second-order valence-electron chi connectivity index (χ2n) is 9.70. The van der Waals surface area contributed by atoms with E-state index in [0.717, 1.165) is 43.6 Å². The Morgan fingerprint density at radius 1 is 0.973 bits per heavy atom. The first-order chi connectivity index (χ1) is 18.2. The summed E-state index contributed by atoms with van der Waals surface area (Å²) in [6, 6.07) is 18.7. The van der Waals surface area contributed by atoms with Gasteiger partial charge in [-0.2, -0.15) is 0 Å². The lowest BCUT2D eigenvalue weighted by Crippen LogP contribution is -2.35. The Bertz CT molecular complexity index is 1290. The standard InChI is InChI=1S/C29H30N4O4/c34-27(24-9-4-13-30-26(24)32-15-12-22(19-32)29-36-16-17-37-29)31-23-10-11-25-21(18-23)8-5-14-33(25)28(35)20-6-2-1-3-7-20/h1-4,6-7,9-11,13,18,22,29H,5,8,12,14-17,19H2,(H,31,34). The molecule has 1 N–H and O–H groups in total. The Hall–Kier alpha value is -3.75. The monoisotopic (exact) mass is 498 g/mol. The molecule has 2 fully saturated rings. The summed E-state index contributed by atoms with van der Waals surface area (Å²) < 4.78 is 11.4. The third-order valence-electron chi connectivity index (χ3n) is 7.31. The average Bonchev–Trinajstić information content (AvgIpc) is 3.65. The lowest BCUT2D eigenvalue weighted by Gasteiger charge is -2.30. The van der Waals surface area contributed by atoms with Crippen molar-refractivity contribution in [2.45, 2.75) is 25.6 Å². The Labute approximate surface area is 216 Å². The van der Waals surface area contributed by atoms with Crippen LogP contribution in [0.5, 0.6) is 0 Å². The third kappa shape index (κ3) is 4.82. The van der Waals surface area contributed by atoms with E-state index in [-0.39, 0.29) is 24.0 Å². The van der Waals surface area contributed by atoms with Gasteiger partial charge in [0.25, 0.3) is 11.8 Å². The van der Waals surface area contributed by atoms with E-state index < -0.39 is 0 Å². The van der Waals surface area contributed by atoms with Crippen LogP contribution in [0, 0.1) is 5.92 Å². The van der Waals surface area contributed by atoms with Gasteiger partial charge in [-0.15, -0.1) is 0 Å². The van der Waals surface area contributed by atoms with Crippen molar-refractivity contribution in [3.63, 3.8) is 0 Å². The van der Waals surface area contributed by atoms with Crippen molar-refractivity contribution >= 4 is 29.0 Å². The molecular weight excluding hydrogens is 468 g/mol. The van der Waals surface area contributed by atoms with Gasteiger partial charge >= 0.3 is 0 Å². The van der Waals surface area contributed by atoms with Crippen LogP contribution in [-0.4, -0.2) is 55.9 Å². The van der Waals surface area contributed by atoms with Crippen molar-refractivity contribution < 1.29 is 19.1 Å². The van der Waals surface area contributed by atoms with Crippen LogP contribution in [-0.2, 0) is 15.9 Å². The molecule has 0 saturated carbocycles. The van der Waals surface area contributed by atoms with Crippen molar-refractivity contribution in [1.82, 2.24) is 4.98 Å². The molecule has 0 radical (unpaired) electrons. The number of pyridine rings is 1. The molecule has 2 amide bonds. The van der Waals surface area contributed by atoms with Gasteiger partial charge in [-0.1, -0.05) is 18.2 Å². The summed E-state index contributed by atoms with van der Waals surface area (Å²) in [6.07, 6.45) is 4.22. The molecule has 3 aliphatic rings. The van der Waals surface area contributed by atoms with Crippen LogP contribution in [0.1, 0.15) is 39.1 Å². The summed E-state index contributed by atoms with van der Waals surface area (Å²) in [6.45, 7) is 3.50. The number of benzene rings is 2. The van der Waals surface area contributed by atoms with Crippen LogP contribution in [0.3, 0.4) is 0 Å². The largest absolute Gasteiger partial charge is 0.355 e. The van der Waals surface area contributed by atoms with Gasteiger partial charge in [0.2, 0.25) is 0 Å². The molecule has 3 aliphatic heterocycles. The van der Waals surface area contributed by atoms with Crippen molar-refractivity contribution in [2.24, 2.45) is 5.92 Å². The first kappa shape index (κ1) is 23.6. The third-order valence-corrected chi connectivity index (χ3v) is 7.31. The summed E-state index contributed by atoms with van der Waals surface area (Å²) in [7, 11) is 0. The molecule has 6 rings (SSSR count). The Kier molecular flexibility index (Phi) is 6.59. The number of aryl methyl sites for hydroxylation is 1. The van der Waals surface area contributed by atoms with E-state index in [0.29, 0.717) is 42.4 Å². The van der Waals surface area contributed by atoms with Crippen LogP contribution in [0.25, 0.3) is 0 Å². The summed E-state index contributed by atoms with van der Waals surface area (Å²) >= 11 is 0. The van der Waals surface area contributed by atoms with Crippen molar-refractivity contribution in [3.8, 4) is 0 Å². The van der Waals surface area contributed by atoms with Gasteiger partial charge in [-0.3, -0.25) is 9.59 Å². The van der Waals surface area contributed by atoms with Crippen molar-refractivity contribution in [3.05, 3.63) is 83.6 Å². The van der Waals surface area contributed by atoms with Crippen LogP contribution in [0.4, 0.5) is 17.2 Å². The van der Waals surface area contributed by atoms with E-state index in [2.05, 4.69) is 15.2 Å². The molecule has 3 aromatic rings. The van der Waals surface area contributed by atoms with Crippen molar-refractivity contribution in [1.29, 1.82) is 0 Å². The zero-order valence-corrected chi connectivity index (χ0v) is 20.6. The van der Waals surface area contributed by atoms with E-state index in [1.807, 2.05) is 59.5 Å². The molecule has 2 saturated heterocycles. The number of nitrogens with one attached hydrogen (secondary N) is 1. The maximum Gasteiger partial charge on any atom is 0.259 e. The Morgan fingerprint density at radius 2 is 1.81 bits per heavy atom. The first-order valence-corrected chi connectivity index (χ1v) is 12.9. The highest BCUT2D eigenvalue weighted by molar-refractivity contribution is 6.09. The summed E-state index contributed by atoms with van der Waals surface area (Å²) in [5.74, 6) is 0.740. The number of anilines is 3. The van der Waals surface area contributed by atoms with Crippen molar-refractivity contribution in [2.75, 3.05) is 48.0 Å². The quantitative estimate of drug-likeness (QED) is 0.570. The van der Waals surface area contributed by atoms with Gasteiger partial charge in [0.15, 0.2) is 6.29 Å². The fourth-order valence-electron chi connectivity index (χ4n) is 5.50. The maximum atomic E-state index is 13.4. The molecule has 0 spiro atoms. The minimum absolute atomic E-state index is 0.00402. The van der Waals surface area contributed by atoms with E-state index in [9.17, 15) is 9.59 Å². The number of carbonyl (C=O) groups excluding carboxylic acids is 2. The number of amides is 2. The number of hydrogen-bond acceptors (Lipinski definition) is 6. The molecule has 1 unspecified atom stereocenters. The van der Waals surface area contributed by atoms with Gasteiger partial charge < -0.3 is 24.6 Å². The van der Waals surface area contributed by atoms with E-state index >= 15 is 0 Å². The van der Waals surface area contributed by atoms with Gasteiger partial charge in [-0.05, 0) is 67.3 Å². The molecule has 2 aromatic carbocycles. The number of hydrogen-bond donors (Lipinski definition) is 1. The van der Waals surface area contributed by atoms with Gasteiger partial charge in [-0.25, -0.2) is 4.98 Å². The smallest absolute Gasteiger partial charge is 0.259 e. The lowest BCUT2D eigenvalue weighted by molar-refractivity contribution is -0.0772. The molecule has 1 atom stereocenters. The zero-order valence-electron chi connectivity index (χ0n) is 20.6. The second kappa shape index (κ2) is 10.3. The zero-order chi connectivity index (χ0) is 25.2. The lowest BCUT2D eigenvalue weighted by atomic mass is 10.00. The molecular formula is C29H30N4O4. The van der Waals surface area contributed by atoms with E-state index in [1.165, 1.54) is 0 Å². The van der Waals surface area contributed by atoms with Gasteiger partial charge in [0, 0.05) is 48.7 Å². The van der Waals surface area contributed by atoms with Gasteiger partial charge in [0.1, 0.15) is 5.82 Å². The fourth-order valence-corrected chi connectivity index (χ4v) is 5.50. The van der Waals surface area contributed by atoms with Crippen LogP contribution in [0.15, 0.2) is 66.9 Å². The fraction of sp³-hybridized carbons (Fsp3) is 0.345.